The minimum Gasteiger partial charge on any atom is -0.493 e. The van der Waals surface area contributed by atoms with Crippen LogP contribution in [0.5, 0.6) is 11.5 Å². The van der Waals surface area contributed by atoms with E-state index in [1.165, 1.54) is 31.3 Å². The third kappa shape index (κ3) is 6.83. The number of nitrogens with zero attached hydrogens (tertiary/aromatic N) is 1. The molecule has 0 saturated carbocycles. The number of aliphatic hydroxyl groups excluding tert-OH is 1. The summed E-state index contributed by atoms with van der Waals surface area (Å²) in [5.74, 6) is -1.52. The average Bonchev–Trinajstić information content (AvgIpc) is 3.33. The molecular weight excluding hydrogens is 628 g/mol. The van der Waals surface area contributed by atoms with Crippen molar-refractivity contribution in [3.63, 3.8) is 0 Å². The summed E-state index contributed by atoms with van der Waals surface area (Å²) in [6.45, 7) is 5.24. The molecule has 0 fully saturated rings. The standard InChI is InChI=1S/C35H35ClN2O9/c1-19-23-16-21(10-12-26(23)46-30(19)34(42)43)37-29(40)14-13-28-33(41)38(17-35(2,3)18-39)25-11-9-20(36)15-24(25)31(47-28)22-7-6-8-27(44-4)32(22)45-5/h6-16,28,31,39H,17-18H2,1-5H3,(H,37,40)(H,42,43)/b14-13+/t28?,31-/m1/s1. The van der Waals surface area contributed by atoms with Crippen LogP contribution in [0.1, 0.15) is 47.2 Å². The molecule has 0 saturated heterocycles. The molecule has 0 aliphatic carbocycles. The molecule has 1 unspecified atom stereocenters. The minimum absolute atomic E-state index is 0.140. The first-order chi connectivity index (χ1) is 22.4. The number of aromatic carboxylic acids is 1. The molecule has 1 aliphatic rings. The fourth-order valence-corrected chi connectivity index (χ4v) is 5.70. The highest BCUT2D eigenvalue weighted by atomic mass is 35.5. The van der Waals surface area contributed by atoms with Crippen LogP contribution in [0.2, 0.25) is 5.02 Å². The summed E-state index contributed by atoms with van der Waals surface area (Å²) in [6, 6.07) is 15.2. The van der Waals surface area contributed by atoms with Crippen LogP contribution in [0.15, 0.2) is 71.2 Å². The Morgan fingerprint density at radius 2 is 1.85 bits per heavy atom. The van der Waals surface area contributed by atoms with E-state index in [-0.39, 0.29) is 18.9 Å². The summed E-state index contributed by atoms with van der Waals surface area (Å²) >= 11 is 6.48. The first-order valence-corrected chi connectivity index (χ1v) is 15.1. The van der Waals surface area contributed by atoms with Gasteiger partial charge in [0.25, 0.3) is 5.91 Å². The lowest BCUT2D eigenvalue weighted by atomic mass is 9.92. The molecule has 0 radical (unpaired) electrons. The Labute approximate surface area is 276 Å². The lowest BCUT2D eigenvalue weighted by molar-refractivity contribution is -0.129. The third-order valence-corrected chi connectivity index (χ3v) is 8.14. The molecular formula is C35H35ClN2O9. The van der Waals surface area contributed by atoms with Crippen LogP contribution in [-0.4, -0.2) is 61.5 Å². The highest BCUT2D eigenvalue weighted by molar-refractivity contribution is 6.30. The summed E-state index contributed by atoms with van der Waals surface area (Å²) < 4.78 is 23.2. The second-order valence-electron chi connectivity index (χ2n) is 11.9. The third-order valence-electron chi connectivity index (χ3n) is 7.91. The maximum absolute atomic E-state index is 14.2. The van der Waals surface area contributed by atoms with Crippen molar-refractivity contribution < 1.29 is 43.2 Å². The monoisotopic (exact) mass is 662 g/mol. The molecule has 1 aromatic heterocycles. The van der Waals surface area contributed by atoms with Gasteiger partial charge < -0.3 is 39.1 Å². The number of carboxylic acids is 1. The van der Waals surface area contributed by atoms with E-state index >= 15 is 0 Å². The number of hydrogen-bond acceptors (Lipinski definition) is 8. The normalized spacial score (nSPS) is 16.7. The van der Waals surface area contributed by atoms with Crippen LogP contribution in [0.3, 0.4) is 0 Å². The molecule has 4 aromatic rings. The number of ether oxygens (including phenoxy) is 3. The van der Waals surface area contributed by atoms with Gasteiger partial charge in [-0.3, -0.25) is 9.59 Å². The number of aryl methyl sites for hydroxylation is 1. The second-order valence-corrected chi connectivity index (χ2v) is 12.3. The van der Waals surface area contributed by atoms with E-state index in [4.69, 9.17) is 30.2 Å². The Bertz CT molecular complexity index is 1880. The van der Waals surface area contributed by atoms with Crippen LogP contribution in [-0.2, 0) is 14.3 Å². The summed E-state index contributed by atoms with van der Waals surface area (Å²) in [6.07, 6.45) is 0.440. The van der Waals surface area contributed by atoms with Gasteiger partial charge in [0.1, 0.15) is 11.7 Å². The van der Waals surface area contributed by atoms with E-state index in [2.05, 4.69) is 5.32 Å². The van der Waals surface area contributed by atoms with Gasteiger partial charge in [0.05, 0.1) is 14.2 Å². The van der Waals surface area contributed by atoms with Gasteiger partial charge in [0.2, 0.25) is 11.7 Å². The van der Waals surface area contributed by atoms with Gasteiger partial charge in [-0.2, -0.15) is 0 Å². The molecule has 3 N–H and O–H groups in total. The van der Waals surface area contributed by atoms with Gasteiger partial charge in [-0.15, -0.1) is 0 Å². The molecule has 3 aromatic carbocycles. The van der Waals surface area contributed by atoms with Gasteiger partial charge >= 0.3 is 5.97 Å². The number of carboxylic acid groups (broad SMARTS) is 1. The number of halogens is 1. The number of rotatable bonds is 10. The van der Waals surface area contributed by atoms with Crippen molar-refractivity contribution >= 4 is 51.7 Å². The van der Waals surface area contributed by atoms with Crippen molar-refractivity contribution in [3.8, 4) is 11.5 Å². The molecule has 0 bridgehead atoms. The van der Waals surface area contributed by atoms with Crippen molar-refractivity contribution in [2.24, 2.45) is 5.41 Å². The number of para-hydroxylation sites is 1. The molecule has 11 nitrogen and oxygen atoms in total. The maximum atomic E-state index is 14.2. The zero-order valence-corrected chi connectivity index (χ0v) is 27.3. The predicted molar refractivity (Wildman–Crippen MR) is 177 cm³/mol. The van der Waals surface area contributed by atoms with Crippen molar-refractivity contribution in [1.29, 1.82) is 0 Å². The molecule has 2 atom stereocenters. The number of aliphatic hydroxyl groups is 1. The number of methoxy groups -OCH3 is 2. The fraction of sp³-hybridized carbons (Fsp3) is 0.286. The smallest absolute Gasteiger partial charge is 0.372 e. The zero-order chi connectivity index (χ0) is 34.0. The SMILES string of the molecule is COc1cccc([C@H]2OC(/C=C/C(=O)Nc3ccc4oc(C(=O)O)c(C)c4c3)C(=O)N(CC(C)(C)CO)c3ccc(Cl)cc32)c1OC. The van der Waals surface area contributed by atoms with Gasteiger partial charge in [-0.25, -0.2) is 4.79 Å². The fourth-order valence-electron chi connectivity index (χ4n) is 5.52. The largest absolute Gasteiger partial charge is 0.493 e. The lowest BCUT2D eigenvalue weighted by Crippen LogP contribution is -2.44. The number of benzene rings is 3. The Balaban J connectivity index is 1.54. The molecule has 2 heterocycles. The summed E-state index contributed by atoms with van der Waals surface area (Å²) in [5.41, 5.74) is 2.19. The van der Waals surface area contributed by atoms with Gasteiger partial charge in [0.15, 0.2) is 17.6 Å². The van der Waals surface area contributed by atoms with Crippen LogP contribution in [0, 0.1) is 12.3 Å². The second kappa shape index (κ2) is 13.5. The number of fused-ring (bicyclic) bond motifs is 2. The predicted octanol–water partition coefficient (Wildman–Crippen LogP) is 6.14. The van der Waals surface area contributed by atoms with Crippen molar-refractivity contribution in [2.45, 2.75) is 33.0 Å². The van der Waals surface area contributed by atoms with Crippen molar-refractivity contribution in [3.05, 3.63) is 94.2 Å². The lowest BCUT2D eigenvalue weighted by Gasteiger charge is -2.32. The number of furan rings is 1. The van der Waals surface area contributed by atoms with E-state index < -0.39 is 35.4 Å². The number of amides is 2. The van der Waals surface area contributed by atoms with E-state index in [1.54, 1.807) is 61.5 Å². The summed E-state index contributed by atoms with van der Waals surface area (Å²) in [4.78, 5) is 40.4. The summed E-state index contributed by atoms with van der Waals surface area (Å²) in [7, 11) is 3.02. The van der Waals surface area contributed by atoms with E-state index in [9.17, 15) is 24.6 Å². The number of carbonyl (C=O) groups excluding carboxylic acids is 2. The molecule has 47 heavy (non-hydrogen) atoms. The highest BCUT2D eigenvalue weighted by Crippen LogP contribution is 2.45. The van der Waals surface area contributed by atoms with E-state index in [1.807, 2.05) is 13.8 Å². The van der Waals surface area contributed by atoms with Crippen LogP contribution < -0.4 is 19.7 Å². The number of anilines is 2. The first-order valence-electron chi connectivity index (χ1n) is 14.7. The topological polar surface area (TPSA) is 148 Å². The van der Waals surface area contributed by atoms with Gasteiger partial charge in [-0.1, -0.05) is 37.6 Å². The average molecular weight is 663 g/mol. The Kier molecular flexibility index (Phi) is 9.62. The first kappa shape index (κ1) is 33.5. The van der Waals surface area contributed by atoms with Crippen LogP contribution in [0.25, 0.3) is 11.0 Å². The minimum atomic E-state index is -1.25. The molecule has 12 heteroatoms. The molecule has 0 spiro atoms. The number of carbonyl (C=O) groups is 3. The summed E-state index contributed by atoms with van der Waals surface area (Å²) in [5, 5.41) is 23.2. The van der Waals surface area contributed by atoms with Crippen molar-refractivity contribution in [1.82, 2.24) is 0 Å². The van der Waals surface area contributed by atoms with Crippen LogP contribution >= 0.6 is 11.6 Å². The molecule has 246 valence electrons. The van der Waals surface area contributed by atoms with E-state index in [0.717, 1.165) is 0 Å². The van der Waals surface area contributed by atoms with Gasteiger partial charge in [0, 0.05) is 63.1 Å². The maximum Gasteiger partial charge on any atom is 0.372 e. The van der Waals surface area contributed by atoms with Crippen molar-refractivity contribution in [2.75, 3.05) is 37.6 Å². The molecule has 5 rings (SSSR count). The van der Waals surface area contributed by atoms with Gasteiger partial charge in [-0.05, 0) is 55.5 Å². The van der Waals surface area contributed by atoms with E-state index in [0.29, 0.717) is 55.6 Å². The number of hydrogen-bond donors (Lipinski definition) is 3. The Morgan fingerprint density at radius 1 is 1.09 bits per heavy atom. The molecule has 1 aliphatic heterocycles. The Morgan fingerprint density at radius 3 is 2.53 bits per heavy atom. The zero-order valence-electron chi connectivity index (χ0n) is 26.5. The van der Waals surface area contributed by atoms with Crippen LogP contribution in [0.4, 0.5) is 11.4 Å². The Hall–Kier alpha value is -4.84. The number of nitrogens with one attached hydrogen (secondary N) is 1. The quantitative estimate of drug-likeness (QED) is 0.170. The molecule has 2 amide bonds. The highest BCUT2D eigenvalue weighted by Gasteiger charge is 2.39.